The van der Waals surface area contributed by atoms with Crippen molar-refractivity contribution < 1.29 is 21.6 Å². The molecular weight excluding hydrogens is 381 g/mol. The number of guanidine groups is 1. The van der Waals surface area contributed by atoms with Crippen molar-refractivity contribution in [3.8, 4) is 0 Å². The highest BCUT2D eigenvalue weighted by Crippen LogP contribution is 2.29. The fourth-order valence-electron chi connectivity index (χ4n) is 3.34. The SMILES string of the molecule is CCNC(=NCCC1=CCCCC1)NC1CCN(S(=O)(=O)C(F)(F)F)CC1. The molecule has 0 aromatic rings. The first-order valence-corrected chi connectivity index (χ1v) is 11.0. The molecule has 10 heteroatoms. The second-order valence-electron chi connectivity index (χ2n) is 6.89. The molecule has 0 aromatic heterocycles. The summed E-state index contributed by atoms with van der Waals surface area (Å²) in [5.41, 5.74) is -3.80. The summed E-state index contributed by atoms with van der Waals surface area (Å²) < 4.78 is 61.4. The van der Waals surface area contributed by atoms with Crippen molar-refractivity contribution in [1.82, 2.24) is 14.9 Å². The van der Waals surface area contributed by atoms with Gasteiger partial charge in [0.1, 0.15) is 0 Å². The average Bonchev–Trinajstić information content (AvgIpc) is 2.62. The maximum absolute atomic E-state index is 12.6. The fourth-order valence-corrected chi connectivity index (χ4v) is 4.33. The monoisotopic (exact) mass is 410 g/mol. The van der Waals surface area contributed by atoms with E-state index in [1.165, 1.54) is 18.4 Å². The second-order valence-corrected chi connectivity index (χ2v) is 8.82. The standard InChI is InChI=1S/C17H29F3N4O2S/c1-2-21-16(22-11-8-14-6-4-3-5-7-14)23-15-9-12-24(13-10-15)27(25,26)17(18,19)20/h6,15H,2-5,7-13H2,1H3,(H2,21,22,23). The molecule has 0 saturated carbocycles. The lowest BCUT2D eigenvalue weighted by atomic mass is 9.97. The van der Waals surface area contributed by atoms with Crippen molar-refractivity contribution in [2.24, 2.45) is 4.99 Å². The molecule has 0 spiro atoms. The molecule has 6 nitrogen and oxygen atoms in total. The fraction of sp³-hybridized carbons (Fsp3) is 0.824. The molecular formula is C17H29F3N4O2S. The van der Waals surface area contributed by atoms with Gasteiger partial charge in [0, 0.05) is 32.2 Å². The lowest BCUT2D eigenvalue weighted by Crippen LogP contribution is -2.51. The number of allylic oxidation sites excluding steroid dienone is 1. The molecule has 1 fully saturated rings. The lowest BCUT2D eigenvalue weighted by Gasteiger charge is -2.32. The van der Waals surface area contributed by atoms with E-state index in [2.05, 4.69) is 21.7 Å². The first-order chi connectivity index (χ1) is 12.7. The van der Waals surface area contributed by atoms with Crippen LogP contribution in [0, 0.1) is 0 Å². The Morgan fingerprint density at radius 3 is 2.56 bits per heavy atom. The third kappa shape index (κ3) is 6.38. The Morgan fingerprint density at radius 2 is 2.00 bits per heavy atom. The highest BCUT2D eigenvalue weighted by molar-refractivity contribution is 7.90. The zero-order valence-corrected chi connectivity index (χ0v) is 16.5. The van der Waals surface area contributed by atoms with E-state index in [1.54, 1.807) is 0 Å². The summed E-state index contributed by atoms with van der Waals surface area (Å²) >= 11 is 0. The Labute approximate surface area is 159 Å². The summed E-state index contributed by atoms with van der Waals surface area (Å²) in [7, 11) is -5.23. The van der Waals surface area contributed by atoms with Crippen LogP contribution in [0.2, 0.25) is 0 Å². The van der Waals surface area contributed by atoms with Gasteiger partial charge in [-0.1, -0.05) is 11.6 Å². The number of sulfonamides is 1. The predicted octanol–water partition coefficient (Wildman–Crippen LogP) is 2.75. The highest BCUT2D eigenvalue weighted by Gasteiger charge is 2.50. The van der Waals surface area contributed by atoms with Crippen LogP contribution < -0.4 is 10.6 Å². The first kappa shape index (κ1) is 22.0. The molecule has 0 atom stereocenters. The van der Waals surface area contributed by atoms with E-state index in [0.29, 0.717) is 36.2 Å². The van der Waals surface area contributed by atoms with Gasteiger partial charge in [0.05, 0.1) is 0 Å². The van der Waals surface area contributed by atoms with Crippen LogP contribution >= 0.6 is 0 Å². The molecule has 2 rings (SSSR count). The molecule has 2 N–H and O–H groups in total. The summed E-state index contributed by atoms with van der Waals surface area (Å²) in [6.45, 7) is 2.98. The summed E-state index contributed by atoms with van der Waals surface area (Å²) in [5, 5.41) is 6.36. The Morgan fingerprint density at radius 1 is 1.30 bits per heavy atom. The van der Waals surface area contributed by atoms with Gasteiger partial charge >= 0.3 is 15.5 Å². The summed E-state index contributed by atoms with van der Waals surface area (Å²) in [5.74, 6) is 0.631. The topological polar surface area (TPSA) is 73.8 Å². The first-order valence-electron chi connectivity index (χ1n) is 9.53. The van der Waals surface area contributed by atoms with Crippen molar-refractivity contribution in [2.75, 3.05) is 26.2 Å². The molecule has 1 aliphatic heterocycles. The van der Waals surface area contributed by atoms with Crippen LogP contribution in [0.3, 0.4) is 0 Å². The van der Waals surface area contributed by atoms with Gasteiger partial charge in [-0.3, -0.25) is 4.99 Å². The molecule has 0 amide bonds. The number of halogens is 3. The molecule has 0 unspecified atom stereocenters. The van der Waals surface area contributed by atoms with Crippen LogP contribution in [0.4, 0.5) is 13.2 Å². The number of hydrogen-bond donors (Lipinski definition) is 2. The van der Waals surface area contributed by atoms with Crippen LogP contribution in [0.1, 0.15) is 51.9 Å². The maximum Gasteiger partial charge on any atom is 0.511 e. The molecule has 1 aliphatic carbocycles. The number of aliphatic imine (C=N–C) groups is 1. The highest BCUT2D eigenvalue weighted by atomic mass is 32.2. The van der Waals surface area contributed by atoms with Crippen LogP contribution in [0.5, 0.6) is 0 Å². The van der Waals surface area contributed by atoms with Crippen molar-refractivity contribution in [3.63, 3.8) is 0 Å². The largest absolute Gasteiger partial charge is 0.511 e. The van der Waals surface area contributed by atoms with Gasteiger partial charge in [-0.05, 0) is 51.9 Å². The van der Waals surface area contributed by atoms with Gasteiger partial charge in [-0.15, -0.1) is 0 Å². The van der Waals surface area contributed by atoms with Crippen LogP contribution in [0.25, 0.3) is 0 Å². The molecule has 0 radical (unpaired) electrons. The van der Waals surface area contributed by atoms with Gasteiger partial charge in [0.25, 0.3) is 0 Å². The quantitative estimate of drug-likeness (QED) is 0.401. The number of piperidine rings is 1. The van der Waals surface area contributed by atoms with E-state index in [9.17, 15) is 21.6 Å². The minimum absolute atomic E-state index is 0.101. The van der Waals surface area contributed by atoms with Crippen molar-refractivity contribution in [1.29, 1.82) is 0 Å². The Balaban J connectivity index is 1.85. The number of nitrogens with zero attached hydrogens (tertiary/aromatic N) is 2. The number of alkyl halides is 3. The van der Waals surface area contributed by atoms with Crippen molar-refractivity contribution in [2.45, 2.75) is 63.4 Å². The smallest absolute Gasteiger partial charge is 0.357 e. The number of nitrogens with one attached hydrogen (secondary N) is 2. The summed E-state index contributed by atoms with van der Waals surface area (Å²) in [4.78, 5) is 4.55. The van der Waals surface area contributed by atoms with Crippen molar-refractivity contribution in [3.05, 3.63) is 11.6 Å². The van der Waals surface area contributed by atoms with Crippen molar-refractivity contribution >= 4 is 16.0 Å². The minimum atomic E-state index is -5.24. The third-order valence-corrected chi connectivity index (χ3v) is 6.49. The van der Waals surface area contributed by atoms with E-state index < -0.39 is 15.5 Å². The van der Waals surface area contributed by atoms with Crippen LogP contribution in [0.15, 0.2) is 16.6 Å². The van der Waals surface area contributed by atoms with Crippen LogP contribution in [-0.2, 0) is 10.0 Å². The predicted molar refractivity (Wildman–Crippen MR) is 99.9 cm³/mol. The van der Waals surface area contributed by atoms with Gasteiger partial charge < -0.3 is 10.6 Å². The third-order valence-electron chi connectivity index (χ3n) is 4.86. The lowest BCUT2D eigenvalue weighted by molar-refractivity contribution is -0.0494. The molecule has 27 heavy (non-hydrogen) atoms. The molecule has 0 bridgehead atoms. The normalized spacial score (nSPS) is 21.0. The van der Waals surface area contributed by atoms with Gasteiger partial charge in [-0.2, -0.15) is 17.5 Å². The van der Waals surface area contributed by atoms with E-state index in [4.69, 9.17) is 0 Å². The molecule has 1 heterocycles. The zero-order chi connectivity index (χ0) is 19.9. The van der Waals surface area contributed by atoms with E-state index in [0.717, 1.165) is 19.3 Å². The van der Waals surface area contributed by atoms with Gasteiger partial charge in [-0.25, -0.2) is 8.42 Å². The Kier molecular flexibility index (Phi) is 7.96. The molecule has 2 aliphatic rings. The number of hydrogen-bond acceptors (Lipinski definition) is 3. The molecule has 0 aromatic carbocycles. The van der Waals surface area contributed by atoms with E-state index in [-0.39, 0.29) is 19.1 Å². The molecule has 1 saturated heterocycles. The zero-order valence-electron chi connectivity index (χ0n) is 15.7. The average molecular weight is 411 g/mol. The van der Waals surface area contributed by atoms with E-state index in [1.807, 2.05) is 6.92 Å². The number of rotatable bonds is 6. The maximum atomic E-state index is 12.6. The second kappa shape index (κ2) is 9.77. The summed E-state index contributed by atoms with van der Waals surface area (Å²) in [6.07, 6.45) is 8.57. The molecule has 156 valence electrons. The Bertz CT molecular complexity index is 639. The van der Waals surface area contributed by atoms with Gasteiger partial charge in [0.15, 0.2) is 5.96 Å². The summed E-state index contributed by atoms with van der Waals surface area (Å²) in [6, 6.07) is -0.101. The van der Waals surface area contributed by atoms with Gasteiger partial charge in [0.2, 0.25) is 0 Å². The van der Waals surface area contributed by atoms with Crippen LogP contribution in [-0.4, -0.2) is 56.4 Å². The Hall–Kier alpha value is -1.29. The van der Waals surface area contributed by atoms with E-state index >= 15 is 0 Å². The minimum Gasteiger partial charge on any atom is -0.357 e.